The Morgan fingerprint density at radius 3 is 2.61 bits per heavy atom. The summed E-state index contributed by atoms with van der Waals surface area (Å²) >= 11 is 0. The third-order valence-electron chi connectivity index (χ3n) is 4.60. The van der Waals surface area contributed by atoms with Crippen molar-refractivity contribution in [1.29, 1.82) is 0 Å². The van der Waals surface area contributed by atoms with Crippen LogP contribution < -0.4 is 11.1 Å². The maximum absolute atomic E-state index is 12.3. The number of nitrogens with two attached hydrogens (primary N) is 1. The van der Waals surface area contributed by atoms with Crippen molar-refractivity contribution in [3.05, 3.63) is 65.9 Å². The molecular formula is C22H25N5O. The highest BCUT2D eigenvalue weighted by molar-refractivity contribution is 5.94. The second kappa shape index (κ2) is 8.52. The highest BCUT2D eigenvalue weighted by Crippen LogP contribution is 2.26. The second-order valence-electron chi connectivity index (χ2n) is 6.71. The number of hydrogen-bond donors (Lipinski definition) is 2. The monoisotopic (exact) mass is 375 g/mol. The van der Waals surface area contributed by atoms with Crippen molar-refractivity contribution in [3.63, 3.8) is 0 Å². The number of nitrogens with zero attached hydrogens (tertiary/aromatic N) is 3. The zero-order valence-corrected chi connectivity index (χ0v) is 16.4. The van der Waals surface area contributed by atoms with Gasteiger partial charge >= 0.3 is 0 Å². The Kier molecular flexibility index (Phi) is 5.89. The summed E-state index contributed by atoms with van der Waals surface area (Å²) in [6.45, 7) is 4.77. The molecule has 0 aliphatic carbocycles. The molecule has 0 bridgehead atoms. The van der Waals surface area contributed by atoms with Crippen LogP contribution in [0.3, 0.4) is 0 Å². The lowest BCUT2D eigenvalue weighted by Crippen LogP contribution is -2.27. The topological polar surface area (TPSA) is 84.1 Å². The Morgan fingerprint density at radius 2 is 1.89 bits per heavy atom. The lowest BCUT2D eigenvalue weighted by molar-refractivity contribution is 0.0795. The van der Waals surface area contributed by atoms with Crippen LogP contribution in [0.5, 0.6) is 0 Å². The molecule has 3 aromatic rings. The zero-order chi connectivity index (χ0) is 20.1. The van der Waals surface area contributed by atoms with Crippen LogP contribution in [0, 0.1) is 6.92 Å². The molecule has 0 fully saturated rings. The molecule has 6 nitrogen and oxygen atoms in total. The minimum Gasteiger partial charge on any atom is -0.398 e. The molecular weight excluding hydrogens is 350 g/mol. The van der Waals surface area contributed by atoms with E-state index in [4.69, 9.17) is 5.73 Å². The van der Waals surface area contributed by atoms with Crippen LogP contribution in [0.15, 0.2) is 54.7 Å². The van der Waals surface area contributed by atoms with E-state index in [-0.39, 0.29) is 5.91 Å². The predicted molar refractivity (Wildman–Crippen MR) is 114 cm³/mol. The molecule has 3 N–H and O–H groups in total. The number of carbonyl (C=O) groups is 1. The number of amides is 1. The van der Waals surface area contributed by atoms with Gasteiger partial charge in [-0.15, -0.1) is 0 Å². The van der Waals surface area contributed by atoms with Crippen LogP contribution in [-0.2, 0) is 0 Å². The van der Waals surface area contributed by atoms with E-state index in [1.165, 1.54) is 0 Å². The number of benzene rings is 2. The summed E-state index contributed by atoms with van der Waals surface area (Å²) in [5.74, 6) is 0.505. The number of nitrogen functional groups attached to an aromatic ring is 1. The zero-order valence-electron chi connectivity index (χ0n) is 16.4. The van der Waals surface area contributed by atoms with Crippen molar-refractivity contribution in [2.24, 2.45) is 0 Å². The van der Waals surface area contributed by atoms with Gasteiger partial charge in [-0.3, -0.25) is 4.79 Å². The molecule has 0 spiro atoms. The molecule has 3 rings (SSSR count). The third-order valence-corrected chi connectivity index (χ3v) is 4.60. The number of aromatic nitrogens is 2. The molecule has 0 aliphatic heterocycles. The predicted octanol–water partition coefficient (Wildman–Crippen LogP) is 4.26. The Bertz CT molecular complexity index is 969. The summed E-state index contributed by atoms with van der Waals surface area (Å²) in [7, 11) is 1.82. The average molecular weight is 375 g/mol. The maximum Gasteiger partial charge on any atom is 0.253 e. The molecule has 1 aromatic heterocycles. The third kappa shape index (κ3) is 4.28. The van der Waals surface area contributed by atoms with Crippen LogP contribution in [0.25, 0.3) is 11.3 Å². The molecule has 0 aliphatic rings. The van der Waals surface area contributed by atoms with Crippen LogP contribution >= 0.6 is 0 Å². The number of rotatable bonds is 6. The number of anilines is 3. The quantitative estimate of drug-likeness (QED) is 0.629. The Labute approximate surface area is 165 Å². The first kappa shape index (κ1) is 19.4. The number of nitrogens with one attached hydrogen (secondary N) is 1. The lowest BCUT2D eigenvalue weighted by Gasteiger charge is -2.16. The molecule has 0 saturated heterocycles. The number of carbonyl (C=O) groups excluding carboxylic acids is 1. The highest BCUT2D eigenvalue weighted by atomic mass is 16.2. The minimum atomic E-state index is 0.0174. The van der Waals surface area contributed by atoms with Crippen LogP contribution in [0.1, 0.15) is 29.3 Å². The normalized spacial score (nSPS) is 10.5. The SMILES string of the molecule is CCCN(C)C(=O)c1ccc(Nc2nccc(-c3cccc(N)c3C)n2)cc1. The second-order valence-corrected chi connectivity index (χ2v) is 6.71. The standard InChI is InChI=1S/C22H25N5O/c1-4-14-27(3)21(28)16-8-10-17(11-9-16)25-22-24-13-12-20(26-22)18-6-5-7-19(23)15(18)2/h5-13H,4,14,23H2,1-3H3,(H,24,25,26). The smallest absolute Gasteiger partial charge is 0.253 e. The van der Waals surface area contributed by atoms with Gasteiger partial charge in [-0.1, -0.05) is 19.1 Å². The fourth-order valence-electron chi connectivity index (χ4n) is 2.98. The van der Waals surface area contributed by atoms with E-state index in [1.807, 2.05) is 62.5 Å². The maximum atomic E-state index is 12.3. The Hall–Kier alpha value is -3.41. The van der Waals surface area contributed by atoms with E-state index in [0.717, 1.165) is 41.2 Å². The van der Waals surface area contributed by atoms with Gasteiger partial charge in [-0.2, -0.15) is 0 Å². The van der Waals surface area contributed by atoms with Gasteiger partial charge in [0.05, 0.1) is 5.69 Å². The Balaban J connectivity index is 1.77. The van der Waals surface area contributed by atoms with E-state index < -0.39 is 0 Å². The summed E-state index contributed by atoms with van der Waals surface area (Å²) in [6.07, 6.45) is 2.65. The molecule has 28 heavy (non-hydrogen) atoms. The van der Waals surface area contributed by atoms with Crippen molar-refractivity contribution in [3.8, 4) is 11.3 Å². The molecule has 0 radical (unpaired) electrons. The summed E-state index contributed by atoms with van der Waals surface area (Å²) in [4.78, 5) is 23.0. The molecule has 2 aromatic carbocycles. The fourth-order valence-corrected chi connectivity index (χ4v) is 2.98. The molecule has 0 saturated carbocycles. The summed E-state index contributed by atoms with van der Waals surface area (Å²) in [6, 6.07) is 15.0. The van der Waals surface area contributed by atoms with E-state index in [0.29, 0.717) is 11.5 Å². The van der Waals surface area contributed by atoms with Crippen LogP contribution in [0.2, 0.25) is 0 Å². The average Bonchev–Trinajstić information content (AvgIpc) is 2.70. The van der Waals surface area contributed by atoms with Gasteiger partial charge < -0.3 is 16.0 Å². The minimum absolute atomic E-state index is 0.0174. The van der Waals surface area contributed by atoms with Gasteiger partial charge in [0, 0.05) is 42.3 Å². The summed E-state index contributed by atoms with van der Waals surface area (Å²) in [5, 5.41) is 3.19. The first-order valence-electron chi connectivity index (χ1n) is 9.30. The van der Waals surface area contributed by atoms with E-state index in [9.17, 15) is 4.79 Å². The molecule has 1 heterocycles. The van der Waals surface area contributed by atoms with Gasteiger partial charge in [0.1, 0.15) is 0 Å². The van der Waals surface area contributed by atoms with E-state index in [2.05, 4.69) is 22.2 Å². The molecule has 1 amide bonds. The summed E-state index contributed by atoms with van der Waals surface area (Å²) < 4.78 is 0. The van der Waals surface area contributed by atoms with Crippen molar-refractivity contribution in [2.45, 2.75) is 20.3 Å². The van der Waals surface area contributed by atoms with Gasteiger partial charge in [0.15, 0.2) is 0 Å². The van der Waals surface area contributed by atoms with Gasteiger partial charge in [0.2, 0.25) is 5.95 Å². The fraction of sp³-hybridized carbons (Fsp3) is 0.227. The summed E-state index contributed by atoms with van der Waals surface area (Å²) in [5.41, 5.74) is 11.0. The van der Waals surface area contributed by atoms with Crippen molar-refractivity contribution in [2.75, 3.05) is 24.6 Å². The lowest BCUT2D eigenvalue weighted by atomic mass is 10.0. The van der Waals surface area contributed by atoms with Gasteiger partial charge in [-0.25, -0.2) is 9.97 Å². The van der Waals surface area contributed by atoms with Crippen molar-refractivity contribution >= 4 is 23.2 Å². The Morgan fingerprint density at radius 1 is 1.14 bits per heavy atom. The first-order valence-corrected chi connectivity index (χ1v) is 9.30. The first-order chi connectivity index (χ1) is 13.5. The van der Waals surface area contributed by atoms with Crippen molar-refractivity contribution < 1.29 is 4.79 Å². The van der Waals surface area contributed by atoms with Crippen molar-refractivity contribution in [1.82, 2.24) is 14.9 Å². The van der Waals surface area contributed by atoms with E-state index >= 15 is 0 Å². The molecule has 0 unspecified atom stereocenters. The molecule has 0 atom stereocenters. The van der Waals surface area contributed by atoms with Gasteiger partial charge in [-0.05, 0) is 55.3 Å². The highest BCUT2D eigenvalue weighted by Gasteiger charge is 2.11. The largest absolute Gasteiger partial charge is 0.398 e. The number of hydrogen-bond acceptors (Lipinski definition) is 5. The molecule has 6 heteroatoms. The molecule has 144 valence electrons. The van der Waals surface area contributed by atoms with E-state index in [1.54, 1.807) is 11.1 Å². The van der Waals surface area contributed by atoms with Gasteiger partial charge in [0.25, 0.3) is 5.91 Å². The van der Waals surface area contributed by atoms with Crippen LogP contribution in [-0.4, -0.2) is 34.4 Å². The van der Waals surface area contributed by atoms with Crippen LogP contribution in [0.4, 0.5) is 17.3 Å².